The van der Waals surface area contributed by atoms with Gasteiger partial charge in [-0.25, -0.2) is 8.42 Å². The van der Waals surface area contributed by atoms with Crippen LogP contribution in [0.2, 0.25) is 0 Å². The molecule has 7 heteroatoms. The van der Waals surface area contributed by atoms with Gasteiger partial charge in [-0.05, 0) is 12.0 Å². The van der Waals surface area contributed by atoms with Crippen LogP contribution in [-0.4, -0.2) is 53.7 Å². The first-order valence-corrected chi connectivity index (χ1v) is 10.9. The molecule has 1 aromatic carbocycles. The Morgan fingerprint density at radius 2 is 2.00 bits per heavy atom. The van der Waals surface area contributed by atoms with Crippen molar-refractivity contribution in [2.45, 2.75) is 31.6 Å². The van der Waals surface area contributed by atoms with Gasteiger partial charge in [0, 0.05) is 17.7 Å². The van der Waals surface area contributed by atoms with Crippen LogP contribution in [0.3, 0.4) is 0 Å². The summed E-state index contributed by atoms with van der Waals surface area (Å²) in [5.41, 5.74) is 1.20. The average Bonchev–Trinajstić information content (AvgIpc) is 2.97. The fourth-order valence-corrected chi connectivity index (χ4v) is 7.00. The molecule has 2 aliphatic rings. The monoisotopic (exact) mass is 366 g/mol. The molecular formula is C17H22N2O3S2. The van der Waals surface area contributed by atoms with Crippen molar-refractivity contribution < 1.29 is 13.2 Å². The zero-order chi connectivity index (χ0) is 17.3. The molecule has 5 nitrogen and oxygen atoms in total. The second kappa shape index (κ2) is 6.88. The molecule has 2 aliphatic heterocycles. The molecule has 130 valence electrons. The molecule has 2 heterocycles. The molecule has 0 aliphatic carbocycles. The van der Waals surface area contributed by atoms with E-state index in [1.165, 1.54) is 17.3 Å². The Morgan fingerprint density at radius 3 is 2.67 bits per heavy atom. The van der Waals surface area contributed by atoms with Gasteiger partial charge in [-0.3, -0.25) is 4.79 Å². The van der Waals surface area contributed by atoms with Crippen LogP contribution in [0.4, 0.5) is 0 Å². The van der Waals surface area contributed by atoms with E-state index in [0.717, 1.165) is 6.42 Å². The number of nitrogens with zero attached hydrogens (tertiary/aromatic N) is 2. The van der Waals surface area contributed by atoms with Crippen molar-refractivity contribution in [2.75, 3.05) is 18.1 Å². The first-order chi connectivity index (χ1) is 11.4. The Balaban J connectivity index is 1.80. The normalized spacial score (nSPS) is 27.0. The highest BCUT2D eigenvalue weighted by atomic mass is 32.2. The number of sulfone groups is 1. The Hall–Kier alpha value is -1.34. The van der Waals surface area contributed by atoms with Crippen molar-refractivity contribution in [1.29, 1.82) is 0 Å². The molecule has 0 aromatic heterocycles. The smallest absolute Gasteiger partial charge is 0.250 e. The molecule has 3 rings (SSSR count). The highest BCUT2D eigenvalue weighted by Gasteiger charge is 2.48. The van der Waals surface area contributed by atoms with Crippen molar-refractivity contribution >= 4 is 32.7 Å². The van der Waals surface area contributed by atoms with E-state index < -0.39 is 9.84 Å². The third kappa shape index (κ3) is 3.83. The summed E-state index contributed by atoms with van der Waals surface area (Å²) >= 11 is 1.45. The van der Waals surface area contributed by atoms with E-state index in [-0.39, 0.29) is 34.6 Å². The lowest BCUT2D eigenvalue weighted by Crippen LogP contribution is -2.39. The predicted octanol–water partition coefficient (Wildman–Crippen LogP) is 1.98. The fraction of sp³-hybridized carbons (Fsp3) is 0.529. The summed E-state index contributed by atoms with van der Waals surface area (Å²) in [6, 6.07) is 10.0. The lowest BCUT2D eigenvalue weighted by molar-refractivity contribution is -0.120. The average molecular weight is 367 g/mol. The Kier molecular flexibility index (Phi) is 5.01. The van der Waals surface area contributed by atoms with Crippen LogP contribution in [0, 0.1) is 5.92 Å². The summed E-state index contributed by atoms with van der Waals surface area (Å²) in [4.78, 5) is 18.3. The molecule has 0 saturated carbocycles. The van der Waals surface area contributed by atoms with Gasteiger partial charge >= 0.3 is 0 Å². The van der Waals surface area contributed by atoms with Crippen LogP contribution in [0.25, 0.3) is 0 Å². The maximum atomic E-state index is 12.0. The topological polar surface area (TPSA) is 66.8 Å². The number of thioether (sulfide) groups is 1. The highest BCUT2D eigenvalue weighted by molar-refractivity contribution is 8.15. The number of hydrogen-bond donors (Lipinski definition) is 0. The molecule has 1 amide bonds. The Morgan fingerprint density at radius 1 is 1.29 bits per heavy atom. The maximum absolute atomic E-state index is 12.0. The molecule has 2 fully saturated rings. The number of benzene rings is 1. The van der Waals surface area contributed by atoms with Gasteiger partial charge in [0.25, 0.3) is 5.91 Å². The van der Waals surface area contributed by atoms with E-state index in [4.69, 9.17) is 0 Å². The largest absolute Gasteiger partial charge is 0.346 e. The number of amides is 1. The van der Waals surface area contributed by atoms with Gasteiger partial charge in [0.1, 0.15) is 0 Å². The van der Waals surface area contributed by atoms with Crippen LogP contribution in [0.15, 0.2) is 35.3 Å². The van der Waals surface area contributed by atoms with E-state index in [0.29, 0.717) is 11.7 Å². The summed E-state index contributed by atoms with van der Waals surface area (Å²) in [6.07, 6.45) is 0.805. The number of aliphatic imine (C=N–C) groups is 1. The lowest BCUT2D eigenvalue weighted by atomic mass is 10.1. The SMILES string of the molecule is CC(C)C(=O)N=C1S[C@@H]2CS(=O)(=O)C[C@@H]2N1CCc1ccccc1. The van der Waals surface area contributed by atoms with Gasteiger partial charge in [0.15, 0.2) is 15.0 Å². The van der Waals surface area contributed by atoms with E-state index in [1.54, 1.807) is 0 Å². The summed E-state index contributed by atoms with van der Waals surface area (Å²) in [5.74, 6) is 0.0382. The van der Waals surface area contributed by atoms with Gasteiger partial charge in [-0.1, -0.05) is 55.9 Å². The van der Waals surface area contributed by atoms with Crippen LogP contribution in [0.5, 0.6) is 0 Å². The molecule has 2 atom stereocenters. The number of rotatable bonds is 4. The highest BCUT2D eigenvalue weighted by Crippen LogP contribution is 2.38. The van der Waals surface area contributed by atoms with E-state index in [9.17, 15) is 13.2 Å². The minimum Gasteiger partial charge on any atom is -0.346 e. The zero-order valence-corrected chi connectivity index (χ0v) is 15.5. The van der Waals surface area contributed by atoms with Crippen LogP contribution in [-0.2, 0) is 21.1 Å². The van der Waals surface area contributed by atoms with Gasteiger partial charge < -0.3 is 4.90 Å². The van der Waals surface area contributed by atoms with E-state index in [2.05, 4.69) is 17.1 Å². The standard InChI is InChI=1S/C17H22N2O3S2/c1-12(2)16(20)18-17-19(9-8-13-6-4-3-5-7-13)14-10-24(21,22)11-15(14)23-17/h3-7,12,14-15H,8-11H2,1-2H3/t14-,15+/m0/s1. The first kappa shape index (κ1) is 17.5. The second-order valence-electron chi connectivity index (χ2n) is 6.62. The zero-order valence-electron chi connectivity index (χ0n) is 13.9. The van der Waals surface area contributed by atoms with Crippen molar-refractivity contribution in [3.8, 4) is 0 Å². The minimum absolute atomic E-state index is 0.00974. The summed E-state index contributed by atoms with van der Waals surface area (Å²) in [5, 5.41) is 0.680. The predicted molar refractivity (Wildman–Crippen MR) is 98.0 cm³/mol. The van der Waals surface area contributed by atoms with Crippen molar-refractivity contribution in [2.24, 2.45) is 10.9 Å². The fourth-order valence-electron chi connectivity index (χ4n) is 3.01. The van der Waals surface area contributed by atoms with Crippen molar-refractivity contribution in [3.05, 3.63) is 35.9 Å². The van der Waals surface area contributed by atoms with Crippen molar-refractivity contribution in [3.63, 3.8) is 0 Å². The van der Waals surface area contributed by atoms with Gasteiger partial charge in [-0.15, -0.1) is 0 Å². The molecule has 0 bridgehead atoms. The van der Waals surface area contributed by atoms with Crippen LogP contribution in [0.1, 0.15) is 19.4 Å². The summed E-state index contributed by atoms with van der Waals surface area (Å²) in [7, 11) is -2.99. The van der Waals surface area contributed by atoms with Gasteiger partial charge in [0.05, 0.1) is 17.5 Å². The minimum atomic E-state index is -2.99. The Bertz CT molecular complexity index is 744. The lowest BCUT2D eigenvalue weighted by Gasteiger charge is -2.24. The molecule has 24 heavy (non-hydrogen) atoms. The molecule has 0 unspecified atom stereocenters. The van der Waals surface area contributed by atoms with Crippen LogP contribution < -0.4 is 0 Å². The van der Waals surface area contributed by atoms with E-state index in [1.807, 2.05) is 36.9 Å². The number of carbonyl (C=O) groups excluding carboxylic acids is 1. The third-order valence-corrected chi connectivity index (χ3v) is 7.61. The molecule has 0 N–H and O–H groups in total. The van der Waals surface area contributed by atoms with Crippen molar-refractivity contribution in [1.82, 2.24) is 4.90 Å². The Labute approximate surface area is 147 Å². The molecule has 1 aromatic rings. The van der Waals surface area contributed by atoms with Gasteiger partial charge in [-0.2, -0.15) is 4.99 Å². The maximum Gasteiger partial charge on any atom is 0.250 e. The van der Waals surface area contributed by atoms with Crippen LogP contribution >= 0.6 is 11.8 Å². The second-order valence-corrected chi connectivity index (χ2v) is 9.98. The number of amidine groups is 1. The summed E-state index contributed by atoms with van der Waals surface area (Å²) in [6.45, 7) is 4.33. The van der Waals surface area contributed by atoms with Gasteiger partial charge in [0.2, 0.25) is 0 Å². The number of fused-ring (bicyclic) bond motifs is 1. The molecule has 2 saturated heterocycles. The first-order valence-electron chi connectivity index (χ1n) is 8.16. The summed E-state index contributed by atoms with van der Waals surface area (Å²) < 4.78 is 23.9. The van der Waals surface area contributed by atoms with E-state index >= 15 is 0 Å². The quantitative estimate of drug-likeness (QED) is 0.815. The number of hydrogen-bond acceptors (Lipinski definition) is 4. The molecule has 0 radical (unpaired) electrons. The molecule has 0 spiro atoms. The number of carbonyl (C=O) groups is 1. The molecular weight excluding hydrogens is 344 g/mol. The third-order valence-electron chi connectivity index (χ3n) is 4.36.